The first-order valence-electron chi connectivity index (χ1n) is 9.63. The van der Waals surface area contributed by atoms with Crippen molar-refractivity contribution in [2.24, 2.45) is 7.05 Å². The van der Waals surface area contributed by atoms with E-state index in [0.29, 0.717) is 22.7 Å². The molecule has 0 unspecified atom stereocenters. The van der Waals surface area contributed by atoms with E-state index in [9.17, 15) is 18.4 Å². The number of oxazole rings is 1. The van der Waals surface area contributed by atoms with Crippen molar-refractivity contribution in [1.29, 1.82) is 0 Å². The third-order valence-electron chi connectivity index (χ3n) is 5.34. The van der Waals surface area contributed by atoms with Crippen LogP contribution < -0.4 is 11.1 Å². The van der Waals surface area contributed by atoms with Gasteiger partial charge in [-0.05, 0) is 48.6 Å². The molecule has 156 valence electrons. The van der Waals surface area contributed by atoms with E-state index in [0.717, 1.165) is 36.1 Å². The van der Waals surface area contributed by atoms with Crippen molar-refractivity contribution in [2.45, 2.75) is 18.8 Å². The van der Waals surface area contributed by atoms with Gasteiger partial charge in [-0.1, -0.05) is 6.07 Å². The summed E-state index contributed by atoms with van der Waals surface area (Å²) in [4.78, 5) is 32.6. The van der Waals surface area contributed by atoms with Gasteiger partial charge in [0, 0.05) is 12.6 Å². The Hall–Kier alpha value is -3.88. The lowest BCUT2D eigenvalue weighted by molar-refractivity contribution is 0.101. The molecule has 2 aromatic heterocycles. The number of carbonyl (C=O) groups excluding carboxylic acids is 1. The maximum absolute atomic E-state index is 13.8. The maximum atomic E-state index is 13.8. The Kier molecular flexibility index (Phi) is 4.39. The number of aryl methyl sites for hydroxylation is 1. The van der Waals surface area contributed by atoms with Gasteiger partial charge in [0.15, 0.2) is 11.4 Å². The lowest BCUT2D eigenvalue weighted by Gasteiger charge is -2.10. The second kappa shape index (κ2) is 7.12. The SMILES string of the molecule is Cn1c(=O)oc2cc(-c3cnc(NC(=O)c4c(F)cccc4F)cn3)c(C3CC3)cc21. The normalized spacial score (nSPS) is 13.5. The van der Waals surface area contributed by atoms with E-state index in [4.69, 9.17) is 4.42 Å². The highest BCUT2D eigenvalue weighted by molar-refractivity contribution is 6.04. The fraction of sp³-hybridized carbons (Fsp3) is 0.182. The van der Waals surface area contributed by atoms with Crippen LogP contribution in [0.15, 0.2) is 51.9 Å². The average molecular weight is 422 g/mol. The Bertz CT molecular complexity index is 1370. The number of hydrogen-bond donors (Lipinski definition) is 1. The molecule has 4 aromatic rings. The summed E-state index contributed by atoms with van der Waals surface area (Å²) in [6, 6.07) is 6.89. The minimum atomic E-state index is -0.964. The van der Waals surface area contributed by atoms with Crippen molar-refractivity contribution < 1.29 is 18.0 Å². The smallest absolute Gasteiger partial charge is 0.408 e. The summed E-state index contributed by atoms with van der Waals surface area (Å²) in [5.41, 5.74) is 2.83. The maximum Gasteiger partial charge on any atom is 0.419 e. The van der Waals surface area contributed by atoms with Gasteiger partial charge in [-0.3, -0.25) is 14.3 Å². The topological polar surface area (TPSA) is 90.0 Å². The van der Waals surface area contributed by atoms with Crippen molar-refractivity contribution in [2.75, 3.05) is 5.32 Å². The monoisotopic (exact) mass is 422 g/mol. The van der Waals surface area contributed by atoms with Crippen molar-refractivity contribution >= 4 is 22.8 Å². The number of amides is 1. The van der Waals surface area contributed by atoms with E-state index < -0.39 is 28.9 Å². The summed E-state index contributed by atoms with van der Waals surface area (Å²) in [7, 11) is 1.65. The van der Waals surface area contributed by atoms with Gasteiger partial charge >= 0.3 is 5.76 Å². The number of carbonyl (C=O) groups is 1. The molecule has 7 nitrogen and oxygen atoms in total. The minimum absolute atomic E-state index is 0.0525. The molecule has 0 radical (unpaired) electrons. The van der Waals surface area contributed by atoms with E-state index in [-0.39, 0.29) is 5.82 Å². The summed E-state index contributed by atoms with van der Waals surface area (Å²) in [6.07, 6.45) is 4.86. The number of anilines is 1. The molecular weight excluding hydrogens is 406 g/mol. The van der Waals surface area contributed by atoms with Gasteiger partial charge in [0.25, 0.3) is 5.91 Å². The summed E-state index contributed by atoms with van der Waals surface area (Å²) in [5.74, 6) is -2.91. The van der Waals surface area contributed by atoms with Gasteiger partial charge < -0.3 is 9.73 Å². The van der Waals surface area contributed by atoms with Crippen molar-refractivity contribution in [3.63, 3.8) is 0 Å². The highest BCUT2D eigenvalue weighted by Crippen LogP contribution is 2.45. The molecule has 5 rings (SSSR count). The summed E-state index contributed by atoms with van der Waals surface area (Å²) >= 11 is 0. The third-order valence-corrected chi connectivity index (χ3v) is 5.34. The molecule has 0 bridgehead atoms. The van der Waals surface area contributed by atoms with Gasteiger partial charge in [-0.25, -0.2) is 18.6 Å². The molecule has 31 heavy (non-hydrogen) atoms. The first kappa shape index (κ1) is 19.1. The lowest BCUT2D eigenvalue weighted by atomic mass is 10.00. The van der Waals surface area contributed by atoms with E-state index in [2.05, 4.69) is 15.3 Å². The Morgan fingerprint density at radius 1 is 1.16 bits per heavy atom. The lowest BCUT2D eigenvalue weighted by Crippen LogP contribution is -2.16. The number of rotatable bonds is 4. The molecular formula is C22H16F2N4O3. The van der Waals surface area contributed by atoms with Crippen LogP contribution in [0.25, 0.3) is 22.4 Å². The van der Waals surface area contributed by atoms with E-state index in [1.807, 2.05) is 6.07 Å². The molecule has 1 aliphatic rings. The second-order valence-electron chi connectivity index (χ2n) is 7.45. The van der Waals surface area contributed by atoms with Crippen LogP contribution in [0.5, 0.6) is 0 Å². The quantitative estimate of drug-likeness (QED) is 0.537. The molecule has 1 saturated carbocycles. The Balaban J connectivity index is 1.48. The Labute approximate surface area is 174 Å². The van der Waals surface area contributed by atoms with Gasteiger partial charge in [-0.2, -0.15) is 0 Å². The highest BCUT2D eigenvalue weighted by atomic mass is 19.1. The minimum Gasteiger partial charge on any atom is -0.408 e. The molecule has 2 aromatic carbocycles. The molecule has 0 aliphatic heterocycles. The summed E-state index contributed by atoms with van der Waals surface area (Å²) < 4.78 is 34.4. The second-order valence-corrected chi connectivity index (χ2v) is 7.45. The van der Waals surface area contributed by atoms with Gasteiger partial charge in [0.1, 0.15) is 17.2 Å². The molecule has 9 heteroatoms. The predicted octanol–water partition coefficient (Wildman–Crippen LogP) is 4.00. The van der Waals surface area contributed by atoms with Gasteiger partial charge in [-0.15, -0.1) is 0 Å². The largest absolute Gasteiger partial charge is 0.419 e. The molecule has 2 heterocycles. The fourth-order valence-corrected chi connectivity index (χ4v) is 3.57. The van der Waals surface area contributed by atoms with Gasteiger partial charge in [0.2, 0.25) is 0 Å². The molecule has 0 saturated heterocycles. The zero-order valence-electron chi connectivity index (χ0n) is 16.4. The average Bonchev–Trinajstić information content (AvgIpc) is 3.54. The first-order chi connectivity index (χ1) is 14.9. The van der Waals surface area contributed by atoms with Crippen LogP contribution >= 0.6 is 0 Å². The highest BCUT2D eigenvalue weighted by Gasteiger charge is 2.28. The van der Waals surface area contributed by atoms with Crippen molar-refractivity contribution in [3.05, 3.63) is 76.0 Å². The van der Waals surface area contributed by atoms with E-state index in [1.54, 1.807) is 13.1 Å². The first-order valence-corrected chi connectivity index (χ1v) is 9.63. The number of fused-ring (bicyclic) bond motifs is 1. The molecule has 1 aliphatic carbocycles. The van der Waals surface area contributed by atoms with Crippen LogP contribution in [0.3, 0.4) is 0 Å². The van der Waals surface area contributed by atoms with Crippen LogP contribution in [0.2, 0.25) is 0 Å². The van der Waals surface area contributed by atoms with Crippen LogP contribution in [0.1, 0.15) is 34.7 Å². The number of nitrogens with zero attached hydrogens (tertiary/aromatic N) is 3. The molecule has 0 spiro atoms. The van der Waals surface area contributed by atoms with E-state index >= 15 is 0 Å². The number of hydrogen-bond acceptors (Lipinski definition) is 5. The molecule has 1 fully saturated rings. The molecule has 1 amide bonds. The van der Waals surface area contributed by atoms with Crippen LogP contribution in [-0.2, 0) is 7.05 Å². The number of benzene rings is 2. The Morgan fingerprint density at radius 2 is 1.90 bits per heavy atom. The third kappa shape index (κ3) is 3.37. The fourth-order valence-electron chi connectivity index (χ4n) is 3.57. The predicted molar refractivity (Wildman–Crippen MR) is 109 cm³/mol. The van der Waals surface area contributed by atoms with E-state index in [1.165, 1.54) is 23.0 Å². The number of aromatic nitrogens is 3. The van der Waals surface area contributed by atoms with Crippen LogP contribution in [0, 0.1) is 11.6 Å². The van der Waals surface area contributed by atoms with Crippen LogP contribution in [0.4, 0.5) is 14.6 Å². The van der Waals surface area contributed by atoms with Crippen LogP contribution in [-0.4, -0.2) is 20.4 Å². The van der Waals surface area contributed by atoms with Crippen molar-refractivity contribution in [3.8, 4) is 11.3 Å². The standard InChI is InChI=1S/C22H16F2N4O3/c1-28-17-7-12(11-5-6-11)13(8-18(17)31-22(28)30)16-9-26-19(10-25-16)27-21(29)20-14(23)3-2-4-15(20)24/h2-4,7-11H,5-6H2,1H3,(H,26,27,29). The van der Waals surface area contributed by atoms with Gasteiger partial charge in [0.05, 0.1) is 23.6 Å². The summed E-state index contributed by atoms with van der Waals surface area (Å²) in [6.45, 7) is 0. The zero-order chi connectivity index (χ0) is 21.7. The number of halogens is 2. The number of nitrogens with one attached hydrogen (secondary N) is 1. The van der Waals surface area contributed by atoms with Crippen molar-refractivity contribution in [1.82, 2.24) is 14.5 Å². The molecule has 0 atom stereocenters. The molecule has 1 N–H and O–H groups in total. The Morgan fingerprint density at radius 3 is 2.55 bits per heavy atom. The summed E-state index contributed by atoms with van der Waals surface area (Å²) in [5, 5.41) is 2.35. The zero-order valence-corrected chi connectivity index (χ0v) is 16.4.